The van der Waals surface area contributed by atoms with Crippen LogP contribution >= 0.6 is 0 Å². The van der Waals surface area contributed by atoms with Crippen LogP contribution in [0.4, 0.5) is 0 Å². The summed E-state index contributed by atoms with van der Waals surface area (Å²) in [5.74, 6) is 1.70. The molecule has 0 amide bonds. The summed E-state index contributed by atoms with van der Waals surface area (Å²) in [6.45, 7) is 6.84. The van der Waals surface area contributed by atoms with Crippen LogP contribution in [-0.4, -0.2) is 41.5 Å². The van der Waals surface area contributed by atoms with Gasteiger partial charge < -0.3 is 14.9 Å². The first kappa shape index (κ1) is 23.8. The Labute approximate surface area is 191 Å². The number of nitrogens with zero attached hydrogens (tertiary/aromatic N) is 3. The highest BCUT2D eigenvalue weighted by Crippen LogP contribution is 2.68. The molecule has 4 rings (SSSR count). The lowest BCUT2D eigenvalue weighted by molar-refractivity contribution is -0.202. The summed E-state index contributed by atoms with van der Waals surface area (Å²) in [5.41, 5.74) is 8.75. The number of hydrogen-bond donors (Lipinski definition) is 2. The Morgan fingerprint density at radius 3 is 2.62 bits per heavy atom. The lowest BCUT2D eigenvalue weighted by atomic mass is 9.43. The largest absolute Gasteiger partial charge is 0.469 e. The normalized spacial score (nSPS) is 48.6. The quantitative estimate of drug-likeness (QED) is 0.271. The number of fused-ring (bicyclic) bond motifs is 5. The van der Waals surface area contributed by atoms with Gasteiger partial charge in [0.2, 0.25) is 0 Å². The molecule has 0 aromatic carbocycles. The first-order valence-electron chi connectivity index (χ1n) is 12.6. The van der Waals surface area contributed by atoms with Crippen molar-refractivity contribution in [1.29, 1.82) is 0 Å². The number of carbonyl (C=O) groups excluding carboxylic acids is 1. The molecule has 4 aliphatic carbocycles. The fraction of sp³-hybridized carbons (Fsp3) is 0.960. The van der Waals surface area contributed by atoms with Crippen LogP contribution in [0.3, 0.4) is 0 Å². The van der Waals surface area contributed by atoms with Gasteiger partial charge in [-0.3, -0.25) is 4.79 Å². The molecule has 11 atom stereocenters. The molecular weight excluding hydrogens is 406 g/mol. The van der Waals surface area contributed by atoms with E-state index in [1.54, 1.807) is 0 Å². The third-order valence-corrected chi connectivity index (χ3v) is 10.8. The summed E-state index contributed by atoms with van der Waals surface area (Å²) >= 11 is 0. The van der Waals surface area contributed by atoms with Crippen LogP contribution in [0.2, 0.25) is 0 Å². The van der Waals surface area contributed by atoms with Gasteiger partial charge >= 0.3 is 5.97 Å². The number of esters is 1. The van der Waals surface area contributed by atoms with Crippen LogP contribution in [0, 0.1) is 46.3 Å². The van der Waals surface area contributed by atoms with Crippen molar-refractivity contribution in [2.75, 3.05) is 7.11 Å². The summed E-state index contributed by atoms with van der Waals surface area (Å²) in [7, 11) is 1.43. The molecule has 0 aromatic rings. The maximum atomic E-state index is 11.7. The maximum absolute atomic E-state index is 11.7. The highest BCUT2D eigenvalue weighted by molar-refractivity contribution is 5.69. The van der Waals surface area contributed by atoms with Gasteiger partial charge in [-0.25, -0.2) is 0 Å². The van der Waals surface area contributed by atoms with E-state index in [-0.39, 0.29) is 41.0 Å². The van der Waals surface area contributed by atoms with Crippen molar-refractivity contribution in [2.45, 2.75) is 96.8 Å². The van der Waals surface area contributed by atoms with Gasteiger partial charge in [0.25, 0.3) is 0 Å². The minimum absolute atomic E-state index is 0.0344. The van der Waals surface area contributed by atoms with Gasteiger partial charge in [0.1, 0.15) is 0 Å². The van der Waals surface area contributed by atoms with Crippen LogP contribution in [0.5, 0.6) is 0 Å². The predicted octanol–water partition coefficient (Wildman–Crippen LogP) is 4.86. The molecule has 4 saturated carbocycles. The molecule has 0 spiro atoms. The van der Waals surface area contributed by atoms with E-state index in [4.69, 9.17) is 10.3 Å². The standard InChI is InChI=1S/C25H41N3O4/c1-14(5-8-22(31)32-4)17-6-7-18-23-19(13-21(30)25(17,18)3)24(2)10-9-16(27-28-26)11-15(24)12-20(23)29/h14-21,23,29-30H,5-13H2,1-4H3/t14-,15-,16+,17-,18+,19+,20-,21+,23+,24+,25-/m1/s1. The predicted molar refractivity (Wildman–Crippen MR) is 121 cm³/mol. The third kappa shape index (κ3) is 3.65. The second kappa shape index (κ2) is 8.81. The zero-order chi connectivity index (χ0) is 23.3. The summed E-state index contributed by atoms with van der Waals surface area (Å²) in [4.78, 5) is 14.7. The van der Waals surface area contributed by atoms with Crippen LogP contribution in [0.25, 0.3) is 10.4 Å². The monoisotopic (exact) mass is 447 g/mol. The van der Waals surface area contributed by atoms with Crippen LogP contribution in [-0.2, 0) is 9.53 Å². The molecule has 32 heavy (non-hydrogen) atoms. The lowest BCUT2D eigenvalue weighted by Crippen LogP contribution is -2.62. The van der Waals surface area contributed by atoms with E-state index in [1.165, 1.54) is 7.11 Å². The van der Waals surface area contributed by atoms with E-state index < -0.39 is 0 Å². The zero-order valence-corrected chi connectivity index (χ0v) is 20.1. The molecule has 0 radical (unpaired) electrons. The number of ether oxygens (including phenoxy) is 1. The Balaban J connectivity index is 1.57. The zero-order valence-electron chi connectivity index (χ0n) is 20.1. The van der Waals surface area contributed by atoms with Gasteiger partial charge in [0.15, 0.2) is 0 Å². The topological polar surface area (TPSA) is 116 Å². The molecule has 0 aliphatic heterocycles. The van der Waals surface area contributed by atoms with Crippen molar-refractivity contribution in [1.82, 2.24) is 0 Å². The van der Waals surface area contributed by atoms with Crippen LogP contribution < -0.4 is 0 Å². The number of methoxy groups -OCH3 is 1. The van der Waals surface area contributed by atoms with Gasteiger partial charge in [-0.1, -0.05) is 25.9 Å². The lowest BCUT2D eigenvalue weighted by Gasteiger charge is -2.63. The number of azide groups is 1. The Hall–Kier alpha value is -1.30. The van der Waals surface area contributed by atoms with Crippen molar-refractivity contribution in [2.24, 2.45) is 51.5 Å². The SMILES string of the molecule is COC(=O)CC[C@@H](C)[C@H]1CC[C@H]2[C@@H]3[C@H](O)C[C@H]4C[C@@H](N=[N+]=[N-])CC[C@]4(C)[C@H]3C[C@H](O)[C@]12C. The highest BCUT2D eigenvalue weighted by Gasteiger charge is 2.65. The summed E-state index contributed by atoms with van der Waals surface area (Å²) in [5, 5.41) is 27.0. The van der Waals surface area contributed by atoms with Crippen molar-refractivity contribution >= 4 is 5.97 Å². The van der Waals surface area contributed by atoms with E-state index in [1.807, 2.05) is 0 Å². The fourth-order valence-electron chi connectivity index (χ4n) is 8.96. The van der Waals surface area contributed by atoms with Crippen LogP contribution in [0.1, 0.15) is 78.6 Å². The van der Waals surface area contributed by atoms with Crippen molar-refractivity contribution < 1.29 is 19.7 Å². The van der Waals surface area contributed by atoms with E-state index >= 15 is 0 Å². The Bertz CT molecular complexity index is 770. The molecule has 0 aromatic heterocycles. The minimum Gasteiger partial charge on any atom is -0.469 e. The van der Waals surface area contributed by atoms with Crippen molar-refractivity contribution in [3.05, 3.63) is 10.4 Å². The van der Waals surface area contributed by atoms with Gasteiger partial charge in [-0.2, -0.15) is 0 Å². The van der Waals surface area contributed by atoms with E-state index in [2.05, 4.69) is 30.8 Å². The molecule has 7 heteroatoms. The minimum atomic E-state index is -0.389. The fourth-order valence-corrected chi connectivity index (χ4v) is 8.96. The molecule has 0 saturated heterocycles. The van der Waals surface area contributed by atoms with Crippen LogP contribution in [0.15, 0.2) is 5.11 Å². The molecule has 2 N–H and O–H groups in total. The third-order valence-electron chi connectivity index (χ3n) is 10.8. The first-order valence-corrected chi connectivity index (χ1v) is 12.6. The molecule has 0 heterocycles. The highest BCUT2D eigenvalue weighted by atomic mass is 16.5. The van der Waals surface area contributed by atoms with Gasteiger partial charge in [0, 0.05) is 17.4 Å². The second-order valence-electron chi connectivity index (χ2n) is 11.8. The summed E-state index contributed by atoms with van der Waals surface area (Å²) in [6, 6.07) is 0.0344. The summed E-state index contributed by atoms with van der Waals surface area (Å²) < 4.78 is 4.84. The summed E-state index contributed by atoms with van der Waals surface area (Å²) in [6.07, 6.45) is 6.83. The number of carbonyl (C=O) groups is 1. The molecule has 180 valence electrons. The van der Waals surface area contributed by atoms with Crippen molar-refractivity contribution in [3.8, 4) is 0 Å². The number of aliphatic hydroxyl groups is 2. The molecule has 4 aliphatic rings. The number of rotatable bonds is 5. The average Bonchev–Trinajstić information content (AvgIpc) is 3.12. The number of aliphatic hydroxyl groups excluding tert-OH is 2. The maximum Gasteiger partial charge on any atom is 0.305 e. The molecule has 4 fully saturated rings. The first-order chi connectivity index (χ1) is 15.2. The Kier molecular flexibility index (Phi) is 6.56. The van der Waals surface area contributed by atoms with E-state index in [0.29, 0.717) is 36.0 Å². The molecule has 0 unspecified atom stereocenters. The molecular formula is C25H41N3O4. The second-order valence-corrected chi connectivity index (χ2v) is 11.8. The van der Waals surface area contributed by atoms with Gasteiger partial charge in [0.05, 0.1) is 19.3 Å². The smallest absolute Gasteiger partial charge is 0.305 e. The van der Waals surface area contributed by atoms with Gasteiger partial charge in [-0.15, -0.1) is 0 Å². The Morgan fingerprint density at radius 1 is 1.19 bits per heavy atom. The molecule has 7 nitrogen and oxygen atoms in total. The van der Waals surface area contributed by atoms with E-state index in [0.717, 1.165) is 51.4 Å². The van der Waals surface area contributed by atoms with Gasteiger partial charge in [-0.05, 0) is 103 Å². The number of hydrogen-bond acceptors (Lipinski definition) is 5. The molecule has 0 bridgehead atoms. The van der Waals surface area contributed by atoms with Crippen molar-refractivity contribution in [3.63, 3.8) is 0 Å². The average molecular weight is 448 g/mol. The van der Waals surface area contributed by atoms with E-state index in [9.17, 15) is 15.0 Å². The Morgan fingerprint density at radius 2 is 1.94 bits per heavy atom.